The van der Waals surface area contributed by atoms with Crippen molar-refractivity contribution < 1.29 is 4.74 Å². The molecular formula is C13H20BrNO. The van der Waals surface area contributed by atoms with Crippen molar-refractivity contribution in [2.45, 2.75) is 19.4 Å². The molecule has 0 saturated heterocycles. The number of rotatable bonds is 7. The predicted octanol–water partition coefficient (Wildman–Crippen LogP) is 3.30. The van der Waals surface area contributed by atoms with Crippen molar-refractivity contribution in [1.82, 2.24) is 4.90 Å². The number of para-hydroxylation sites is 1. The minimum absolute atomic E-state index is 0.802. The van der Waals surface area contributed by atoms with E-state index in [1.807, 2.05) is 12.1 Å². The van der Waals surface area contributed by atoms with Gasteiger partial charge in [-0.25, -0.2) is 0 Å². The molecule has 1 aromatic rings. The molecule has 0 amide bonds. The average Bonchev–Trinajstić information content (AvgIpc) is 2.26. The van der Waals surface area contributed by atoms with Gasteiger partial charge >= 0.3 is 0 Å². The Kier molecular flexibility index (Phi) is 6.50. The molecule has 0 N–H and O–H groups in total. The van der Waals surface area contributed by atoms with Crippen molar-refractivity contribution in [3.63, 3.8) is 0 Å². The van der Waals surface area contributed by atoms with Gasteiger partial charge in [0.25, 0.3) is 0 Å². The molecule has 0 spiro atoms. The predicted molar refractivity (Wildman–Crippen MR) is 72.4 cm³/mol. The third kappa shape index (κ3) is 4.99. The Morgan fingerprint density at radius 3 is 2.62 bits per heavy atom. The van der Waals surface area contributed by atoms with Gasteiger partial charge in [-0.1, -0.05) is 34.1 Å². The maximum Gasteiger partial charge on any atom is 0.123 e. The van der Waals surface area contributed by atoms with Crippen molar-refractivity contribution in [3.8, 4) is 5.75 Å². The summed E-state index contributed by atoms with van der Waals surface area (Å²) in [5, 5.41) is 1.05. The van der Waals surface area contributed by atoms with Crippen LogP contribution in [0, 0.1) is 0 Å². The Morgan fingerprint density at radius 1 is 1.19 bits per heavy atom. The number of halogens is 1. The first-order valence-corrected chi connectivity index (χ1v) is 6.77. The lowest BCUT2D eigenvalue weighted by Gasteiger charge is -2.14. The summed E-state index contributed by atoms with van der Waals surface area (Å²) in [4.78, 5) is 2.15. The molecule has 0 bridgehead atoms. The number of benzene rings is 1. The van der Waals surface area contributed by atoms with Gasteiger partial charge in [-0.05, 0) is 33.0 Å². The highest BCUT2D eigenvalue weighted by Crippen LogP contribution is 2.19. The van der Waals surface area contributed by atoms with Crippen LogP contribution in [-0.4, -0.2) is 30.9 Å². The lowest BCUT2D eigenvalue weighted by atomic mass is 10.2. The van der Waals surface area contributed by atoms with Crippen LogP contribution in [0.5, 0.6) is 5.75 Å². The lowest BCUT2D eigenvalue weighted by molar-refractivity contribution is 0.299. The molecule has 0 fully saturated rings. The van der Waals surface area contributed by atoms with Crippen LogP contribution in [-0.2, 0) is 6.54 Å². The molecule has 0 saturated carbocycles. The summed E-state index contributed by atoms with van der Waals surface area (Å²) in [5.74, 6) is 1.02. The molecule has 1 rings (SSSR count). The summed E-state index contributed by atoms with van der Waals surface area (Å²) in [6.07, 6.45) is 2.26. The summed E-state index contributed by atoms with van der Waals surface area (Å²) in [6.45, 7) is 1.73. The normalized spacial score (nSPS) is 10.8. The molecule has 1 aromatic carbocycles. The van der Waals surface area contributed by atoms with Gasteiger partial charge in [0.1, 0.15) is 5.75 Å². The summed E-state index contributed by atoms with van der Waals surface area (Å²) < 4.78 is 5.79. The van der Waals surface area contributed by atoms with Gasteiger partial charge in [0.15, 0.2) is 0 Å². The van der Waals surface area contributed by atoms with Crippen molar-refractivity contribution in [3.05, 3.63) is 29.8 Å². The third-order valence-corrected chi connectivity index (χ3v) is 2.81. The molecule has 0 aliphatic rings. The Morgan fingerprint density at radius 2 is 1.94 bits per heavy atom. The van der Waals surface area contributed by atoms with E-state index in [0.717, 1.165) is 37.1 Å². The minimum Gasteiger partial charge on any atom is -0.493 e. The SMILES string of the molecule is CN(C)Cc1ccccc1OCCCCBr. The van der Waals surface area contributed by atoms with Gasteiger partial charge in [-0.3, -0.25) is 0 Å². The van der Waals surface area contributed by atoms with Gasteiger partial charge in [-0.15, -0.1) is 0 Å². The number of hydrogen-bond acceptors (Lipinski definition) is 2. The third-order valence-electron chi connectivity index (χ3n) is 2.24. The van der Waals surface area contributed by atoms with E-state index < -0.39 is 0 Å². The minimum atomic E-state index is 0.802. The smallest absolute Gasteiger partial charge is 0.123 e. The van der Waals surface area contributed by atoms with Crippen LogP contribution in [0.4, 0.5) is 0 Å². The fraction of sp³-hybridized carbons (Fsp3) is 0.538. The number of nitrogens with zero attached hydrogens (tertiary/aromatic N) is 1. The topological polar surface area (TPSA) is 12.5 Å². The molecule has 0 atom stereocenters. The first kappa shape index (κ1) is 13.5. The standard InChI is InChI=1S/C13H20BrNO/c1-15(2)11-12-7-3-4-8-13(12)16-10-6-5-9-14/h3-4,7-8H,5-6,9-11H2,1-2H3. The van der Waals surface area contributed by atoms with Crippen LogP contribution in [0.25, 0.3) is 0 Å². The van der Waals surface area contributed by atoms with E-state index in [2.05, 4.69) is 47.1 Å². The van der Waals surface area contributed by atoms with E-state index >= 15 is 0 Å². The highest BCUT2D eigenvalue weighted by Gasteiger charge is 2.03. The Bertz CT molecular complexity index is 302. The molecule has 0 aromatic heterocycles. The number of hydrogen-bond donors (Lipinski definition) is 0. The van der Waals surface area contributed by atoms with Gasteiger partial charge in [0.2, 0.25) is 0 Å². The Balaban J connectivity index is 2.50. The van der Waals surface area contributed by atoms with Crippen molar-refractivity contribution in [2.24, 2.45) is 0 Å². The van der Waals surface area contributed by atoms with Gasteiger partial charge in [0.05, 0.1) is 6.61 Å². The molecule has 0 heterocycles. The van der Waals surface area contributed by atoms with Crippen molar-refractivity contribution >= 4 is 15.9 Å². The molecule has 0 aliphatic heterocycles. The summed E-state index contributed by atoms with van der Waals surface area (Å²) in [6, 6.07) is 8.26. The molecule has 0 aliphatic carbocycles. The zero-order valence-electron chi connectivity index (χ0n) is 10.1. The van der Waals surface area contributed by atoms with Gasteiger partial charge in [0, 0.05) is 17.4 Å². The van der Waals surface area contributed by atoms with E-state index in [1.54, 1.807) is 0 Å². The largest absolute Gasteiger partial charge is 0.493 e. The second-order valence-corrected chi connectivity index (χ2v) is 4.88. The van der Waals surface area contributed by atoms with E-state index in [4.69, 9.17) is 4.74 Å². The highest BCUT2D eigenvalue weighted by atomic mass is 79.9. The van der Waals surface area contributed by atoms with Crippen LogP contribution in [0.1, 0.15) is 18.4 Å². The average molecular weight is 286 g/mol. The lowest BCUT2D eigenvalue weighted by Crippen LogP contribution is -2.12. The maximum absolute atomic E-state index is 5.79. The van der Waals surface area contributed by atoms with Crippen LogP contribution in [0.15, 0.2) is 24.3 Å². The second-order valence-electron chi connectivity index (χ2n) is 4.09. The highest BCUT2D eigenvalue weighted by molar-refractivity contribution is 9.09. The van der Waals surface area contributed by atoms with Crippen LogP contribution < -0.4 is 4.74 Å². The monoisotopic (exact) mass is 285 g/mol. The molecular weight excluding hydrogens is 266 g/mol. The quantitative estimate of drug-likeness (QED) is 0.563. The number of unbranched alkanes of at least 4 members (excludes halogenated alkanes) is 1. The first-order chi connectivity index (χ1) is 7.74. The van der Waals surface area contributed by atoms with Crippen molar-refractivity contribution in [2.75, 3.05) is 26.0 Å². The first-order valence-electron chi connectivity index (χ1n) is 5.65. The molecule has 0 radical (unpaired) electrons. The van der Waals surface area contributed by atoms with E-state index in [9.17, 15) is 0 Å². The molecule has 2 nitrogen and oxygen atoms in total. The van der Waals surface area contributed by atoms with Crippen LogP contribution in [0.2, 0.25) is 0 Å². The number of alkyl halides is 1. The van der Waals surface area contributed by atoms with Crippen LogP contribution in [0.3, 0.4) is 0 Å². The van der Waals surface area contributed by atoms with E-state index in [-0.39, 0.29) is 0 Å². The fourth-order valence-corrected chi connectivity index (χ4v) is 1.89. The van der Waals surface area contributed by atoms with Crippen LogP contribution >= 0.6 is 15.9 Å². The Labute approximate surface area is 107 Å². The summed E-state index contributed by atoms with van der Waals surface area (Å²) in [7, 11) is 4.14. The summed E-state index contributed by atoms with van der Waals surface area (Å²) >= 11 is 3.42. The maximum atomic E-state index is 5.79. The number of ether oxygens (including phenoxy) is 1. The zero-order chi connectivity index (χ0) is 11.8. The summed E-state index contributed by atoms with van der Waals surface area (Å²) in [5.41, 5.74) is 1.26. The van der Waals surface area contributed by atoms with Gasteiger partial charge in [-0.2, -0.15) is 0 Å². The second kappa shape index (κ2) is 7.69. The Hall–Kier alpha value is -0.540. The molecule has 90 valence electrons. The van der Waals surface area contributed by atoms with Gasteiger partial charge < -0.3 is 9.64 Å². The van der Waals surface area contributed by atoms with E-state index in [1.165, 1.54) is 5.56 Å². The van der Waals surface area contributed by atoms with E-state index in [0.29, 0.717) is 0 Å². The zero-order valence-corrected chi connectivity index (χ0v) is 11.7. The molecule has 0 unspecified atom stereocenters. The molecule has 16 heavy (non-hydrogen) atoms. The van der Waals surface area contributed by atoms with Crippen molar-refractivity contribution in [1.29, 1.82) is 0 Å². The molecule has 3 heteroatoms. The fourth-order valence-electron chi connectivity index (χ4n) is 1.49.